The summed E-state index contributed by atoms with van der Waals surface area (Å²) in [5.41, 5.74) is 0. The van der Waals surface area contributed by atoms with E-state index in [-0.39, 0.29) is 0 Å². The summed E-state index contributed by atoms with van der Waals surface area (Å²) in [6.45, 7) is 5.14. The Bertz CT molecular complexity index is 259. The van der Waals surface area contributed by atoms with E-state index in [1.165, 1.54) is 96.3 Å². The van der Waals surface area contributed by atoms with Crippen LogP contribution in [0, 0.1) is 17.4 Å². The van der Waals surface area contributed by atoms with E-state index in [4.69, 9.17) is 10.00 Å². The van der Waals surface area contributed by atoms with E-state index in [9.17, 15) is 0 Å². The molecule has 0 rings (SSSR count). The Balaban J connectivity index is 3.18. The van der Waals surface area contributed by atoms with Crippen molar-refractivity contribution < 1.29 is 4.74 Å². The van der Waals surface area contributed by atoms with Crippen molar-refractivity contribution in [1.82, 2.24) is 0 Å². The van der Waals surface area contributed by atoms with Crippen molar-refractivity contribution in [3.05, 3.63) is 0 Å². The van der Waals surface area contributed by atoms with Gasteiger partial charge in [-0.1, -0.05) is 110 Å². The van der Waals surface area contributed by atoms with Crippen molar-refractivity contribution in [2.24, 2.45) is 5.92 Å². The standard InChI is InChI=1S/C21H41NO/c1-3-5-6-7-8-9-10-11-12-13-14-15-16-17-21(4-2)18-19-23-20-22/h21H,3-19H2,1-2H3. The number of nitriles is 1. The number of unbranched alkanes of at least 4 members (excludes halogenated alkanes) is 12. The molecule has 0 saturated heterocycles. The molecule has 0 saturated carbocycles. The molecule has 1 atom stereocenters. The first kappa shape index (κ1) is 22.3. The first-order valence-corrected chi connectivity index (χ1v) is 10.4. The molecule has 23 heavy (non-hydrogen) atoms. The molecule has 136 valence electrons. The van der Waals surface area contributed by atoms with Crippen LogP contribution in [0.4, 0.5) is 0 Å². The molecule has 0 heterocycles. The van der Waals surface area contributed by atoms with Gasteiger partial charge < -0.3 is 4.74 Å². The summed E-state index contributed by atoms with van der Waals surface area (Å²) in [7, 11) is 0. The zero-order valence-electron chi connectivity index (χ0n) is 16.0. The Kier molecular flexibility index (Phi) is 18.7. The number of rotatable bonds is 18. The molecule has 0 aliphatic heterocycles. The smallest absolute Gasteiger partial charge is 0.286 e. The minimum Gasteiger partial charge on any atom is -0.428 e. The van der Waals surface area contributed by atoms with Gasteiger partial charge in [0.25, 0.3) is 6.26 Å². The van der Waals surface area contributed by atoms with Crippen LogP contribution in [0.2, 0.25) is 0 Å². The molecule has 2 heteroatoms. The zero-order valence-corrected chi connectivity index (χ0v) is 16.0. The maximum Gasteiger partial charge on any atom is 0.286 e. The van der Waals surface area contributed by atoms with Gasteiger partial charge in [0.05, 0.1) is 0 Å². The van der Waals surface area contributed by atoms with Crippen molar-refractivity contribution in [3.8, 4) is 6.26 Å². The van der Waals surface area contributed by atoms with Crippen LogP contribution in [-0.4, -0.2) is 6.61 Å². The van der Waals surface area contributed by atoms with Crippen molar-refractivity contribution in [2.45, 2.75) is 117 Å². The number of nitrogens with zero attached hydrogens (tertiary/aromatic N) is 1. The first-order chi connectivity index (χ1) is 11.3. The highest BCUT2D eigenvalue weighted by Gasteiger charge is 2.06. The molecular weight excluding hydrogens is 282 g/mol. The lowest BCUT2D eigenvalue weighted by molar-refractivity contribution is 0.230. The summed E-state index contributed by atoms with van der Waals surface area (Å²) in [4.78, 5) is 0. The third-order valence-corrected chi connectivity index (χ3v) is 4.99. The van der Waals surface area contributed by atoms with Crippen LogP contribution < -0.4 is 0 Å². The molecule has 2 nitrogen and oxygen atoms in total. The lowest BCUT2D eigenvalue weighted by Gasteiger charge is -2.13. The maximum atomic E-state index is 8.38. The third kappa shape index (κ3) is 17.5. The van der Waals surface area contributed by atoms with Crippen LogP contribution in [0.25, 0.3) is 0 Å². The van der Waals surface area contributed by atoms with E-state index in [2.05, 4.69) is 13.8 Å². The second kappa shape index (κ2) is 19.3. The lowest BCUT2D eigenvalue weighted by Crippen LogP contribution is -2.03. The maximum absolute atomic E-state index is 8.38. The lowest BCUT2D eigenvalue weighted by atomic mass is 9.95. The molecule has 0 aromatic heterocycles. The van der Waals surface area contributed by atoms with E-state index in [1.54, 1.807) is 6.26 Å². The van der Waals surface area contributed by atoms with Crippen LogP contribution in [0.15, 0.2) is 0 Å². The van der Waals surface area contributed by atoms with Gasteiger partial charge in [0.15, 0.2) is 0 Å². The molecule has 0 aliphatic carbocycles. The Morgan fingerprint density at radius 2 is 1.17 bits per heavy atom. The summed E-state index contributed by atoms with van der Waals surface area (Å²) in [5.74, 6) is 0.746. The van der Waals surface area contributed by atoms with Gasteiger partial charge in [0.2, 0.25) is 0 Å². The fraction of sp³-hybridized carbons (Fsp3) is 0.952. The largest absolute Gasteiger partial charge is 0.428 e. The minimum absolute atomic E-state index is 0.605. The van der Waals surface area contributed by atoms with Crippen molar-refractivity contribution in [2.75, 3.05) is 6.61 Å². The molecule has 0 aliphatic rings. The van der Waals surface area contributed by atoms with Crippen LogP contribution in [-0.2, 0) is 4.74 Å². The monoisotopic (exact) mass is 323 g/mol. The second-order valence-electron chi connectivity index (χ2n) is 7.03. The summed E-state index contributed by atoms with van der Waals surface area (Å²) in [6.07, 6.45) is 23.8. The molecule has 0 spiro atoms. The van der Waals surface area contributed by atoms with E-state index in [0.717, 1.165) is 12.3 Å². The fourth-order valence-electron chi connectivity index (χ4n) is 3.27. The summed E-state index contributed by atoms with van der Waals surface area (Å²) in [6, 6.07) is 0. The van der Waals surface area contributed by atoms with Gasteiger partial charge in [-0.3, -0.25) is 0 Å². The average Bonchev–Trinajstić information content (AvgIpc) is 2.57. The van der Waals surface area contributed by atoms with Gasteiger partial charge >= 0.3 is 0 Å². The van der Waals surface area contributed by atoms with Crippen LogP contribution in [0.5, 0.6) is 0 Å². The number of hydrogen-bond acceptors (Lipinski definition) is 2. The molecule has 1 unspecified atom stereocenters. The molecule has 0 N–H and O–H groups in total. The molecule has 0 amide bonds. The van der Waals surface area contributed by atoms with Gasteiger partial charge in [0.1, 0.15) is 6.61 Å². The average molecular weight is 324 g/mol. The zero-order chi connectivity index (χ0) is 17.0. The summed E-state index contributed by atoms with van der Waals surface area (Å²) < 4.78 is 4.79. The Hall–Kier alpha value is -0.710. The quantitative estimate of drug-likeness (QED) is 0.195. The Morgan fingerprint density at radius 1 is 0.696 bits per heavy atom. The molecular formula is C21H41NO. The highest BCUT2D eigenvalue weighted by molar-refractivity contribution is 4.59. The van der Waals surface area contributed by atoms with Gasteiger partial charge in [-0.05, 0) is 12.3 Å². The van der Waals surface area contributed by atoms with Crippen LogP contribution in [0.3, 0.4) is 0 Å². The van der Waals surface area contributed by atoms with E-state index < -0.39 is 0 Å². The first-order valence-electron chi connectivity index (χ1n) is 10.4. The van der Waals surface area contributed by atoms with Gasteiger partial charge in [-0.15, -0.1) is 0 Å². The minimum atomic E-state index is 0.605. The van der Waals surface area contributed by atoms with Crippen LogP contribution >= 0.6 is 0 Å². The van der Waals surface area contributed by atoms with E-state index >= 15 is 0 Å². The van der Waals surface area contributed by atoms with Gasteiger partial charge in [-0.2, -0.15) is 5.26 Å². The molecule has 0 aromatic rings. The van der Waals surface area contributed by atoms with Crippen molar-refractivity contribution in [1.29, 1.82) is 5.26 Å². The summed E-state index contributed by atoms with van der Waals surface area (Å²) >= 11 is 0. The second-order valence-corrected chi connectivity index (χ2v) is 7.03. The number of ether oxygens (including phenoxy) is 1. The van der Waals surface area contributed by atoms with Crippen LogP contribution in [0.1, 0.15) is 117 Å². The topological polar surface area (TPSA) is 33.0 Å². The Labute approximate surface area is 146 Å². The van der Waals surface area contributed by atoms with E-state index in [0.29, 0.717) is 6.61 Å². The molecule has 0 fully saturated rings. The highest BCUT2D eigenvalue weighted by atomic mass is 16.5. The predicted molar refractivity (Wildman–Crippen MR) is 100 cm³/mol. The predicted octanol–water partition coefficient (Wildman–Crippen LogP) is 7.38. The third-order valence-electron chi connectivity index (χ3n) is 4.99. The molecule has 0 aromatic carbocycles. The van der Waals surface area contributed by atoms with Crippen molar-refractivity contribution in [3.63, 3.8) is 0 Å². The van der Waals surface area contributed by atoms with Gasteiger partial charge in [0, 0.05) is 0 Å². The van der Waals surface area contributed by atoms with Crippen molar-refractivity contribution >= 4 is 0 Å². The summed E-state index contributed by atoms with van der Waals surface area (Å²) in [5, 5.41) is 8.38. The molecule has 0 radical (unpaired) electrons. The fourth-order valence-corrected chi connectivity index (χ4v) is 3.27. The normalized spacial score (nSPS) is 12.0. The molecule has 0 bridgehead atoms. The SMILES string of the molecule is CCCCCCCCCCCCCCCC(CC)CCOC#N. The number of hydrogen-bond donors (Lipinski definition) is 0. The van der Waals surface area contributed by atoms with Gasteiger partial charge in [-0.25, -0.2) is 0 Å². The van der Waals surface area contributed by atoms with E-state index in [1.807, 2.05) is 0 Å². The highest BCUT2D eigenvalue weighted by Crippen LogP contribution is 2.18. The Morgan fingerprint density at radius 3 is 1.61 bits per heavy atom.